The molecule has 0 aliphatic rings. The van der Waals surface area contributed by atoms with Crippen molar-refractivity contribution in [3.8, 4) is 24.8 Å². The maximum absolute atomic E-state index is 11.4. The maximum Gasteiger partial charge on any atom is 0.340 e. The van der Waals surface area contributed by atoms with E-state index in [2.05, 4.69) is 26.9 Å². The standard InChI is InChI=1S/C9H4N4OS/c1-3-5-10-6-7(11-5)13(4-2)9(14)12-8(6)15/h1-2H,(H,10,11)(H,12,14,15). The number of hydrogen-bond donors (Lipinski definition) is 2. The topological polar surface area (TPSA) is 66.5 Å². The third-order valence-corrected chi connectivity index (χ3v) is 2.12. The first-order valence-electron chi connectivity index (χ1n) is 3.85. The van der Waals surface area contributed by atoms with Crippen LogP contribution < -0.4 is 5.69 Å². The van der Waals surface area contributed by atoms with Crippen LogP contribution >= 0.6 is 12.2 Å². The summed E-state index contributed by atoms with van der Waals surface area (Å²) in [6, 6.07) is 2.18. The van der Waals surface area contributed by atoms with E-state index in [-0.39, 0.29) is 16.1 Å². The lowest BCUT2D eigenvalue weighted by Crippen LogP contribution is -2.20. The Morgan fingerprint density at radius 2 is 2.13 bits per heavy atom. The number of aromatic amines is 2. The maximum atomic E-state index is 11.4. The van der Waals surface area contributed by atoms with E-state index < -0.39 is 5.69 Å². The van der Waals surface area contributed by atoms with Crippen LogP contribution in [0.4, 0.5) is 0 Å². The zero-order valence-corrected chi connectivity index (χ0v) is 8.18. The molecule has 5 nitrogen and oxygen atoms in total. The van der Waals surface area contributed by atoms with E-state index in [1.165, 1.54) is 0 Å². The van der Waals surface area contributed by atoms with Gasteiger partial charge in [-0.3, -0.25) is 4.98 Å². The molecule has 72 valence electrons. The van der Waals surface area contributed by atoms with Crippen LogP contribution in [0, 0.1) is 29.5 Å². The van der Waals surface area contributed by atoms with Crippen molar-refractivity contribution in [2.24, 2.45) is 0 Å². The molecule has 0 fully saturated rings. The number of nitrogens with one attached hydrogen (secondary N) is 2. The van der Waals surface area contributed by atoms with Crippen molar-refractivity contribution in [2.75, 3.05) is 0 Å². The van der Waals surface area contributed by atoms with E-state index in [0.717, 1.165) is 4.57 Å². The highest BCUT2D eigenvalue weighted by molar-refractivity contribution is 7.71. The molecular formula is C9H4N4OS. The number of rotatable bonds is 0. The molecule has 0 bridgehead atoms. The summed E-state index contributed by atoms with van der Waals surface area (Å²) in [5.41, 5.74) is 0.208. The zero-order valence-electron chi connectivity index (χ0n) is 7.37. The molecule has 0 amide bonds. The molecule has 0 aliphatic heterocycles. The number of nitrogens with zero attached hydrogens (tertiary/aromatic N) is 2. The van der Waals surface area contributed by atoms with E-state index in [1.54, 1.807) is 0 Å². The molecule has 0 spiro atoms. The predicted octanol–water partition coefficient (Wildman–Crippen LogP) is 0.202. The molecule has 0 radical (unpaired) electrons. The lowest BCUT2D eigenvalue weighted by atomic mass is 10.5. The van der Waals surface area contributed by atoms with Crippen LogP contribution in [0.1, 0.15) is 5.82 Å². The van der Waals surface area contributed by atoms with Gasteiger partial charge in [-0.2, -0.15) is 0 Å². The average molecular weight is 216 g/mol. The number of imidazole rings is 1. The van der Waals surface area contributed by atoms with Gasteiger partial charge in [-0.05, 0) is 5.92 Å². The van der Waals surface area contributed by atoms with Gasteiger partial charge in [0.2, 0.25) is 0 Å². The van der Waals surface area contributed by atoms with Crippen LogP contribution in [-0.4, -0.2) is 19.5 Å². The van der Waals surface area contributed by atoms with Crippen molar-refractivity contribution >= 4 is 23.4 Å². The van der Waals surface area contributed by atoms with Crippen LogP contribution in [0.15, 0.2) is 4.79 Å². The minimum absolute atomic E-state index is 0.232. The molecule has 6 heteroatoms. The van der Waals surface area contributed by atoms with Crippen LogP contribution in [0.3, 0.4) is 0 Å². The molecule has 0 aliphatic carbocycles. The second-order valence-corrected chi connectivity index (χ2v) is 3.06. The van der Waals surface area contributed by atoms with Crippen LogP contribution in [0.2, 0.25) is 0 Å². The molecule has 2 heterocycles. The smallest absolute Gasteiger partial charge is 0.327 e. The summed E-state index contributed by atoms with van der Waals surface area (Å²) >= 11 is 4.93. The fraction of sp³-hybridized carbons (Fsp3) is 0. The summed E-state index contributed by atoms with van der Waals surface area (Å²) < 4.78 is 1.23. The summed E-state index contributed by atoms with van der Waals surface area (Å²) in [4.78, 5) is 20.5. The quantitative estimate of drug-likeness (QED) is 0.488. The van der Waals surface area contributed by atoms with Crippen molar-refractivity contribution in [1.82, 2.24) is 19.5 Å². The highest BCUT2D eigenvalue weighted by atomic mass is 32.1. The normalized spacial score (nSPS) is 9.73. The van der Waals surface area contributed by atoms with E-state index in [9.17, 15) is 4.79 Å². The molecule has 0 unspecified atom stereocenters. The number of H-pyrrole nitrogens is 2. The predicted molar refractivity (Wildman–Crippen MR) is 57.7 cm³/mol. The van der Waals surface area contributed by atoms with E-state index in [4.69, 9.17) is 25.1 Å². The summed E-state index contributed by atoms with van der Waals surface area (Å²) in [6.45, 7) is 0. The summed E-state index contributed by atoms with van der Waals surface area (Å²) in [5, 5.41) is 0. The Bertz CT molecular complexity index is 735. The molecule has 2 aromatic heterocycles. The van der Waals surface area contributed by atoms with Crippen molar-refractivity contribution < 1.29 is 0 Å². The third-order valence-electron chi connectivity index (χ3n) is 1.81. The lowest BCUT2D eigenvalue weighted by molar-refractivity contribution is 0.973. The fourth-order valence-electron chi connectivity index (χ4n) is 1.18. The molecule has 0 aromatic carbocycles. The molecule has 0 atom stereocenters. The van der Waals surface area contributed by atoms with Gasteiger partial charge in [-0.1, -0.05) is 18.6 Å². The largest absolute Gasteiger partial charge is 0.340 e. The molecule has 0 saturated heterocycles. The second-order valence-electron chi connectivity index (χ2n) is 2.65. The molecule has 2 rings (SSSR count). The Morgan fingerprint density at radius 3 is 2.73 bits per heavy atom. The SMILES string of the molecule is C#Cc1nc2c([nH]1)c(=S)[nH]c(=O)n2C#C. The van der Waals surface area contributed by atoms with Gasteiger partial charge in [0.15, 0.2) is 11.5 Å². The summed E-state index contributed by atoms with van der Waals surface area (Å²) in [5.74, 6) is 2.58. The first-order valence-corrected chi connectivity index (χ1v) is 4.26. The van der Waals surface area contributed by atoms with Crippen molar-refractivity contribution in [1.29, 1.82) is 0 Å². The van der Waals surface area contributed by atoms with Gasteiger partial charge in [0, 0.05) is 6.04 Å². The summed E-state index contributed by atoms with van der Waals surface area (Å²) in [6.07, 6.45) is 10.3. The van der Waals surface area contributed by atoms with E-state index in [0.29, 0.717) is 5.52 Å². The van der Waals surface area contributed by atoms with Gasteiger partial charge in [0.1, 0.15) is 10.2 Å². The van der Waals surface area contributed by atoms with Gasteiger partial charge < -0.3 is 4.98 Å². The Kier molecular flexibility index (Phi) is 1.93. The van der Waals surface area contributed by atoms with Crippen molar-refractivity contribution in [3.05, 3.63) is 20.9 Å². The van der Waals surface area contributed by atoms with Gasteiger partial charge >= 0.3 is 5.69 Å². The Balaban J connectivity index is 3.11. The number of hydrogen-bond acceptors (Lipinski definition) is 3. The Labute approximate surface area is 89.2 Å². The van der Waals surface area contributed by atoms with E-state index >= 15 is 0 Å². The van der Waals surface area contributed by atoms with Crippen LogP contribution in [0.5, 0.6) is 0 Å². The molecule has 2 aromatic rings. The van der Waals surface area contributed by atoms with Crippen molar-refractivity contribution in [3.63, 3.8) is 0 Å². The minimum Gasteiger partial charge on any atom is -0.327 e. The highest BCUT2D eigenvalue weighted by Crippen LogP contribution is 2.08. The lowest BCUT2D eigenvalue weighted by Gasteiger charge is -1.94. The second kappa shape index (κ2) is 3.12. The molecule has 15 heavy (non-hydrogen) atoms. The van der Waals surface area contributed by atoms with Crippen LogP contribution in [-0.2, 0) is 0 Å². The number of fused-ring (bicyclic) bond motifs is 1. The van der Waals surface area contributed by atoms with Crippen molar-refractivity contribution in [2.45, 2.75) is 0 Å². The third kappa shape index (κ3) is 1.25. The fourth-order valence-corrected chi connectivity index (χ4v) is 1.41. The Hall–Kier alpha value is -2.31. The van der Waals surface area contributed by atoms with Gasteiger partial charge in [0.25, 0.3) is 0 Å². The molecule has 2 N–H and O–H groups in total. The highest BCUT2D eigenvalue weighted by Gasteiger charge is 2.08. The zero-order chi connectivity index (χ0) is 11.0. The van der Waals surface area contributed by atoms with Gasteiger partial charge in [-0.25, -0.2) is 14.3 Å². The molecule has 0 saturated carbocycles. The average Bonchev–Trinajstić information content (AvgIpc) is 2.62. The number of terminal acetylenes is 2. The van der Waals surface area contributed by atoms with Crippen LogP contribution in [0.25, 0.3) is 11.2 Å². The summed E-state index contributed by atoms with van der Waals surface area (Å²) in [7, 11) is 0. The monoisotopic (exact) mass is 216 g/mol. The molecular weight excluding hydrogens is 212 g/mol. The van der Waals surface area contributed by atoms with Gasteiger partial charge in [0.05, 0.1) is 0 Å². The minimum atomic E-state index is -0.509. The first kappa shape index (κ1) is 9.25. The number of aromatic nitrogens is 4. The van der Waals surface area contributed by atoms with E-state index in [1.807, 2.05) is 0 Å². The first-order chi connectivity index (χ1) is 7.17. The Morgan fingerprint density at radius 1 is 1.40 bits per heavy atom. The van der Waals surface area contributed by atoms with Gasteiger partial charge in [-0.15, -0.1) is 6.42 Å².